The van der Waals surface area contributed by atoms with Crippen molar-refractivity contribution in [2.45, 2.75) is 38.7 Å². The zero-order valence-corrected chi connectivity index (χ0v) is 11.6. The zero-order valence-electron chi connectivity index (χ0n) is 10.8. The van der Waals surface area contributed by atoms with Crippen LogP contribution in [0.3, 0.4) is 0 Å². The predicted octanol–water partition coefficient (Wildman–Crippen LogP) is 1.95. The van der Waals surface area contributed by atoms with Gasteiger partial charge in [-0.15, -0.1) is 11.3 Å². The van der Waals surface area contributed by atoms with Crippen LogP contribution < -0.4 is 5.73 Å². The first-order valence-corrected chi connectivity index (χ1v) is 7.21. The number of nitrogen functional groups attached to an aromatic ring is 1. The molecular formula is C12H17N3O3S. The molecule has 0 amide bonds. The highest BCUT2D eigenvalue weighted by Gasteiger charge is 2.22. The van der Waals surface area contributed by atoms with Crippen LogP contribution in [0.2, 0.25) is 0 Å². The molecule has 0 atom stereocenters. The first-order valence-electron chi connectivity index (χ1n) is 6.33. The molecule has 0 bridgehead atoms. The second-order valence-electron chi connectivity index (χ2n) is 4.24. The maximum absolute atomic E-state index is 11.8. The van der Waals surface area contributed by atoms with Gasteiger partial charge in [-0.1, -0.05) is 5.16 Å². The molecule has 1 aromatic heterocycles. The van der Waals surface area contributed by atoms with Gasteiger partial charge in [-0.3, -0.25) is 0 Å². The van der Waals surface area contributed by atoms with Gasteiger partial charge in [-0.25, -0.2) is 9.78 Å². The van der Waals surface area contributed by atoms with Crippen LogP contribution in [0.4, 0.5) is 5.13 Å². The molecule has 2 N–H and O–H groups in total. The molecular weight excluding hydrogens is 266 g/mol. The largest absolute Gasteiger partial charge is 0.461 e. The lowest BCUT2D eigenvalue weighted by molar-refractivity contribution is -0.135. The first-order chi connectivity index (χ1) is 9.20. The van der Waals surface area contributed by atoms with Crippen molar-refractivity contribution in [2.75, 3.05) is 12.3 Å². The van der Waals surface area contributed by atoms with Gasteiger partial charge in [0.1, 0.15) is 11.8 Å². The minimum atomic E-state index is -0.536. The third kappa shape index (κ3) is 3.66. The lowest BCUT2D eigenvalue weighted by atomic mass is 10.3. The lowest BCUT2D eigenvalue weighted by Gasteiger charge is -2.08. The van der Waals surface area contributed by atoms with Crippen LogP contribution in [0.25, 0.3) is 0 Å². The van der Waals surface area contributed by atoms with Gasteiger partial charge in [0.25, 0.3) is 0 Å². The van der Waals surface area contributed by atoms with Gasteiger partial charge in [0, 0.05) is 5.38 Å². The molecule has 0 aliphatic heterocycles. The molecule has 0 saturated heterocycles. The Morgan fingerprint density at radius 2 is 2.32 bits per heavy atom. The van der Waals surface area contributed by atoms with Crippen molar-refractivity contribution in [2.24, 2.45) is 5.16 Å². The number of carbonyl (C=O) groups excluding carboxylic acids is 1. The molecule has 1 aromatic rings. The fourth-order valence-corrected chi connectivity index (χ4v) is 2.45. The third-order valence-electron chi connectivity index (χ3n) is 2.83. The average molecular weight is 283 g/mol. The minimum absolute atomic E-state index is 0.0837. The van der Waals surface area contributed by atoms with E-state index in [4.69, 9.17) is 15.3 Å². The zero-order chi connectivity index (χ0) is 13.7. The molecule has 0 radical (unpaired) electrons. The van der Waals surface area contributed by atoms with Crippen LogP contribution in [-0.4, -0.2) is 29.4 Å². The normalized spacial score (nSPS) is 16.6. The van der Waals surface area contributed by atoms with Crippen LogP contribution in [-0.2, 0) is 14.4 Å². The molecule has 104 valence electrons. The van der Waals surface area contributed by atoms with Crippen molar-refractivity contribution in [1.82, 2.24) is 4.98 Å². The summed E-state index contributed by atoms with van der Waals surface area (Å²) >= 11 is 1.25. The van der Waals surface area contributed by atoms with E-state index in [0.717, 1.165) is 25.7 Å². The molecule has 0 aromatic carbocycles. The lowest BCUT2D eigenvalue weighted by Crippen LogP contribution is -2.20. The molecule has 1 aliphatic carbocycles. The molecule has 6 nitrogen and oxygen atoms in total. The van der Waals surface area contributed by atoms with Gasteiger partial charge >= 0.3 is 5.97 Å². The third-order valence-corrected chi connectivity index (χ3v) is 3.50. The van der Waals surface area contributed by atoms with Crippen molar-refractivity contribution in [3.63, 3.8) is 0 Å². The molecule has 1 aliphatic rings. The van der Waals surface area contributed by atoms with E-state index in [1.165, 1.54) is 11.3 Å². The number of rotatable bonds is 5. The van der Waals surface area contributed by atoms with Crippen molar-refractivity contribution in [3.05, 3.63) is 11.1 Å². The number of carbonyl (C=O) groups is 1. The number of nitrogens with zero attached hydrogens (tertiary/aromatic N) is 2. The smallest absolute Gasteiger partial charge is 0.362 e. The standard InChI is InChI=1S/C12H17N3O3S/c1-2-17-11(16)10(9-7-19-12(13)14-9)15-18-8-5-3-4-6-8/h7-8H,2-6H2,1H3,(H2,13,14)/b15-10+. The van der Waals surface area contributed by atoms with Crippen LogP contribution in [0.15, 0.2) is 10.5 Å². The number of hydrogen-bond donors (Lipinski definition) is 1. The van der Waals surface area contributed by atoms with Crippen molar-refractivity contribution in [3.8, 4) is 0 Å². The summed E-state index contributed by atoms with van der Waals surface area (Å²) in [5, 5.41) is 5.99. The Labute approximate surface area is 115 Å². The molecule has 1 fully saturated rings. The Hall–Kier alpha value is -1.63. The second-order valence-corrected chi connectivity index (χ2v) is 5.13. The molecule has 7 heteroatoms. The molecule has 1 heterocycles. The molecule has 19 heavy (non-hydrogen) atoms. The van der Waals surface area contributed by atoms with Crippen molar-refractivity contribution in [1.29, 1.82) is 0 Å². The summed E-state index contributed by atoms with van der Waals surface area (Å²) in [6, 6.07) is 0. The van der Waals surface area contributed by atoms with Crippen molar-refractivity contribution >= 4 is 28.1 Å². The molecule has 1 saturated carbocycles. The number of aromatic nitrogens is 1. The monoisotopic (exact) mass is 283 g/mol. The van der Waals surface area contributed by atoms with Gasteiger partial charge < -0.3 is 15.3 Å². The molecule has 0 unspecified atom stereocenters. The Bertz CT molecular complexity index is 467. The summed E-state index contributed by atoms with van der Waals surface area (Å²) < 4.78 is 4.96. The number of hydrogen-bond acceptors (Lipinski definition) is 7. The van der Waals surface area contributed by atoms with E-state index in [2.05, 4.69) is 10.1 Å². The Kier molecular flexibility index (Phi) is 4.73. The van der Waals surface area contributed by atoms with Crippen LogP contribution in [0.5, 0.6) is 0 Å². The predicted molar refractivity (Wildman–Crippen MR) is 73.0 cm³/mol. The average Bonchev–Trinajstić information content (AvgIpc) is 3.02. The number of oxime groups is 1. The highest BCUT2D eigenvalue weighted by atomic mass is 32.1. The summed E-state index contributed by atoms with van der Waals surface area (Å²) in [5.41, 5.74) is 6.05. The van der Waals surface area contributed by atoms with E-state index in [0.29, 0.717) is 10.8 Å². The Morgan fingerprint density at radius 1 is 1.58 bits per heavy atom. The van der Waals surface area contributed by atoms with E-state index >= 15 is 0 Å². The maximum Gasteiger partial charge on any atom is 0.362 e. The highest BCUT2D eigenvalue weighted by molar-refractivity contribution is 7.13. The molecule has 2 rings (SSSR count). The summed E-state index contributed by atoms with van der Waals surface area (Å²) in [6.45, 7) is 2.02. The Morgan fingerprint density at radius 3 is 2.89 bits per heavy atom. The fourth-order valence-electron chi connectivity index (χ4n) is 1.91. The maximum atomic E-state index is 11.8. The summed E-state index contributed by atoms with van der Waals surface area (Å²) in [6.07, 6.45) is 4.30. The van der Waals surface area contributed by atoms with Crippen LogP contribution in [0.1, 0.15) is 38.3 Å². The fraction of sp³-hybridized carbons (Fsp3) is 0.583. The highest BCUT2D eigenvalue weighted by Crippen LogP contribution is 2.21. The second kappa shape index (κ2) is 6.51. The van der Waals surface area contributed by atoms with E-state index < -0.39 is 5.97 Å². The van der Waals surface area contributed by atoms with Gasteiger partial charge in [0.15, 0.2) is 5.13 Å². The number of thiazole rings is 1. The summed E-state index contributed by atoms with van der Waals surface area (Å²) in [7, 11) is 0. The number of ether oxygens (including phenoxy) is 1. The topological polar surface area (TPSA) is 86.8 Å². The number of anilines is 1. The van der Waals surface area contributed by atoms with E-state index in [1.807, 2.05) is 0 Å². The van der Waals surface area contributed by atoms with E-state index in [1.54, 1.807) is 12.3 Å². The number of esters is 1. The first kappa shape index (κ1) is 13.8. The molecule has 0 spiro atoms. The Balaban J connectivity index is 2.13. The van der Waals surface area contributed by atoms with Crippen molar-refractivity contribution < 1.29 is 14.4 Å². The minimum Gasteiger partial charge on any atom is -0.461 e. The summed E-state index contributed by atoms with van der Waals surface area (Å²) in [4.78, 5) is 21.3. The van der Waals surface area contributed by atoms with Gasteiger partial charge in [0.2, 0.25) is 5.71 Å². The van der Waals surface area contributed by atoms with E-state index in [-0.39, 0.29) is 18.4 Å². The van der Waals surface area contributed by atoms with Gasteiger partial charge in [0.05, 0.1) is 6.61 Å². The van der Waals surface area contributed by atoms with Gasteiger partial charge in [-0.05, 0) is 32.6 Å². The SMILES string of the molecule is CCOC(=O)/C(=N/OC1CCCC1)c1csc(N)n1. The van der Waals surface area contributed by atoms with E-state index in [9.17, 15) is 4.79 Å². The van der Waals surface area contributed by atoms with Gasteiger partial charge in [-0.2, -0.15) is 0 Å². The summed E-state index contributed by atoms with van der Waals surface area (Å²) in [5.74, 6) is -0.536. The quantitative estimate of drug-likeness (QED) is 0.507. The van der Waals surface area contributed by atoms with Crippen LogP contribution in [0, 0.1) is 0 Å². The number of nitrogens with two attached hydrogens (primary N) is 1. The van der Waals surface area contributed by atoms with Crippen LogP contribution >= 0.6 is 11.3 Å².